The van der Waals surface area contributed by atoms with E-state index >= 15 is 0 Å². The molecule has 0 bridgehead atoms. The first kappa shape index (κ1) is 13.8. The number of carbonyl (C=O) groups is 1. The zero-order valence-electron chi connectivity index (χ0n) is 11.6. The summed E-state index contributed by atoms with van der Waals surface area (Å²) in [4.78, 5) is 12.0. The fraction of sp³-hybridized carbons (Fsp3) is 0.333. The molecule has 0 atom stereocenters. The third-order valence-electron chi connectivity index (χ3n) is 3.65. The zero-order valence-corrected chi connectivity index (χ0v) is 11.6. The molecular weight excluding hydrogens is 271 g/mol. The van der Waals surface area contributed by atoms with Gasteiger partial charge in [0.2, 0.25) is 0 Å². The van der Waals surface area contributed by atoms with Crippen LogP contribution in [-0.2, 0) is 0 Å². The second-order valence-corrected chi connectivity index (χ2v) is 5.15. The van der Waals surface area contributed by atoms with E-state index < -0.39 is 0 Å². The van der Waals surface area contributed by atoms with Crippen LogP contribution in [0.25, 0.3) is 0 Å². The molecule has 1 aromatic heterocycles. The van der Waals surface area contributed by atoms with Crippen molar-refractivity contribution in [2.75, 3.05) is 18.4 Å². The van der Waals surface area contributed by atoms with Crippen LogP contribution in [-0.4, -0.2) is 28.8 Å². The first-order valence-corrected chi connectivity index (χ1v) is 7.04. The zero-order chi connectivity index (χ0) is 14.7. The lowest BCUT2D eigenvalue weighted by atomic mass is 10.1. The smallest absolute Gasteiger partial charge is 0.255 e. The average molecular weight is 288 g/mol. The van der Waals surface area contributed by atoms with Gasteiger partial charge < -0.3 is 10.6 Å². The van der Waals surface area contributed by atoms with Crippen LogP contribution in [0.15, 0.2) is 36.7 Å². The molecule has 1 aliphatic rings. The number of hydrogen-bond acceptors (Lipinski definition) is 3. The molecule has 1 aliphatic heterocycles. The number of benzene rings is 1. The van der Waals surface area contributed by atoms with Crippen LogP contribution in [0.2, 0.25) is 0 Å². The van der Waals surface area contributed by atoms with Crippen LogP contribution in [0, 0.1) is 5.82 Å². The maximum atomic E-state index is 12.8. The van der Waals surface area contributed by atoms with E-state index in [2.05, 4.69) is 15.7 Å². The summed E-state index contributed by atoms with van der Waals surface area (Å²) < 4.78 is 14.7. The lowest BCUT2D eigenvalue weighted by Gasteiger charge is -2.22. The first-order valence-electron chi connectivity index (χ1n) is 7.04. The van der Waals surface area contributed by atoms with Crippen molar-refractivity contribution >= 4 is 11.6 Å². The Morgan fingerprint density at radius 3 is 2.71 bits per heavy atom. The standard InChI is InChI=1S/C15H17FN4O/c16-12-3-1-11(2-4-12)15(21)19-13-9-18-20(10-13)14-5-7-17-8-6-14/h1-4,9-10,14,17H,5-8H2,(H,19,21). The molecule has 2 heterocycles. The fourth-order valence-corrected chi connectivity index (χ4v) is 2.48. The molecule has 0 saturated carbocycles. The highest BCUT2D eigenvalue weighted by Crippen LogP contribution is 2.19. The van der Waals surface area contributed by atoms with E-state index in [-0.39, 0.29) is 11.7 Å². The van der Waals surface area contributed by atoms with Gasteiger partial charge in [0.1, 0.15) is 5.82 Å². The van der Waals surface area contributed by atoms with Crippen molar-refractivity contribution in [3.63, 3.8) is 0 Å². The molecule has 2 N–H and O–H groups in total. The summed E-state index contributed by atoms with van der Waals surface area (Å²) in [7, 11) is 0. The summed E-state index contributed by atoms with van der Waals surface area (Å²) in [5, 5.41) is 10.4. The topological polar surface area (TPSA) is 59.0 Å². The quantitative estimate of drug-likeness (QED) is 0.910. The number of nitrogens with one attached hydrogen (secondary N) is 2. The molecule has 1 amide bonds. The van der Waals surface area contributed by atoms with E-state index in [9.17, 15) is 9.18 Å². The Kier molecular flexibility index (Phi) is 3.96. The van der Waals surface area contributed by atoms with E-state index in [1.165, 1.54) is 24.3 Å². The van der Waals surface area contributed by atoms with Crippen molar-refractivity contribution in [2.24, 2.45) is 0 Å². The molecule has 110 valence electrons. The maximum Gasteiger partial charge on any atom is 0.255 e. The average Bonchev–Trinajstić information content (AvgIpc) is 2.97. The van der Waals surface area contributed by atoms with Crippen molar-refractivity contribution in [2.45, 2.75) is 18.9 Å². The Labute approximate surface area is 122 Å². The van der Waals surface area contributed by atoms with Gasteiger partial charge in [-0.25, -0.2) is 4.39 Å². The number of nitrogens with zero attached hydrogens (tertiary/aromatic N) is 2. The number of hydrogen-bond donors (Lipinski definition) is 2. The second kappa shape index (κ2) is 6.05. The molecule has 2 aromatic rings. The summed E-state index contributed by atoms with van der Waals surface area (Å²) in [6, 6.07) is 5.84. The normalized spacial score (nSPS) is 15.9. The van der Waals surface area contributed by atoms with Gasteiger partial charge in [0.25, 0.3) is 5.91 Å². The van der Waals surface area contributed by atoms with Crippen LogP contribution in [0.4, 0.5) is 10.1 Å². The van der Waals surface area contributed by atoms with Crippen LogP contribution < -0.4 is 10.6 Å². The van der Waals surface area contributed by atoms with Crippen molar-refractivity contribution in [1.82, 2.24) is 15.1 Å². The minimum atomic E-state index is -0.356. The van der Waals surface area contributed by atoms with Crippen molar-refractivity contribution < 1.29 is 9.18 Å². The fourth-order valence-electron chi connectivity index (χ4n) is 2.48. The number of rotatable bonds is 3. The third-order valence-corrected chi connectivity index (χ3v) is 3.65. The van der Waals surface area contributed by atoms with Crippen LogP contribution in [0.1, 0.15) is 29.2 Å². The van der Waals surface area contributed by atoms with Crippen LogP contribution in [0.5, 0.6) is 0 Å². The van der Waals surface area contributed by atoms with E-state index in [1.54, 1.807) is 6.20 Å². The van der Waals surface area contributed by atoms with Gasteiger partial charge in [-0.3, -0.25) is 9.48 Å². The Morgan fingerprint density at radius 1 is 1.29 bits per heavy atom. The van der Waals surface area contributed by atoms with E-state index in [0.29, 0.717) is 17.3 Å². The third kappa shape index (κ3) is 3.28. The van der Waals surface area contributed by atoms with Gasteiger partial charge in [-0.2, -0.15) is 5.10 Å². The molecule has 0 unspecified atom stereocenters. The highest BCUT2D eigenvalue weighted by Gasteiger charge is 2.16. The number of halogens is 1. The first-order chi connectivity index (χ1) is 10.2. The summed E-state index contributed by atoms with van der Waals surface area (Å²) in [6.07, 6.45) is 5.56. The largest absolute Gasteiger partial charge is 0.319 e. The summed E-state index contributed by atoms with van der Waals surface area (Å²) in [5.74, 6) is -0.620. The number of piperidine rings is 1. The predicted molar refractivity (Wildman–Crippen MR) is 77.7 cm³/mol. The highest BCUT2D eigenvalue weighted by molar-refractivity contribution is 6.04. The Hall–Kier alpha value is -2.21. The van der Waals surface area contributed by atoms with E-state index in [0.717, 1.165) is 25.9 Å². The Morgan fingerprint density at radius 2 is 2.00 bits per heavy atom. The van der Waals surface area contributed by atoms with Gasteiger partial charge in [0, 0.05) is 11.8 Å². The minimum Gasteiger partial charge on any atom is -0.319 e. The summed E-state index contributed by atoms with van der Waals surface area (Å²) in [6.45, 7) is 1.98. The maximum absolute atomic E-state index is 12.8. The molecule has 1 fully saturated rings. The molecule has 3 rings (SSSR count). The van der Waals surface area contributed by atoms with Crippen molar-refractivity contribution in [3.05, 3.63) is 48.0 Å². The predicted octanol–water partition coefficient (Wildman–Crippen LogP) is 2.20. The monoisotopic (exact) mass is 288 g/mol. The van der Waals surface area contributed by atoms with Crippen LogP contribution in [0.3, 0.4) is 0 Å². The lowest BCUT2D eigenvalue weighted by molar-refractivity contribution is 0.102. The molecule has 5 nitrogen and oxygen atoms in total. The minimum absolute atomic E-state index is 0.264. The molecule has 0 spiro atoms. The molecule has 21 heavy (non-hydrogen) atoms. The van der Waals surface area contributed by atoms with E-state index in [4.69, 9.17) is 0 Å². The van der Waals surface area contributed by atoms with Gasteiger partial charge in [-0.15, -0.1) is 0 Å². The highest BCUT2D eigenvalue weighted by atomic mass is 19.1. The Balaban J connectivity index is 1.66. The van der Waals surface area contributed by atoms with Gasteiger partial charge in [-0.1, -0.05) is 0 Å². The second-order valence-electron chi connectivity index (χ2n) is 5.15. The number of carbonyl (C=O) groups excluding carboxylic acids is 1. The van der Waals surface area contributed by atoms with Crippen LogP contribution >= 0.6 is 0 Å². The molecule has 1 saturated heterocycles. The molecule has 6 heteroatoms. The molecular formula is C15H17FN4O. The summed E-state index contributed by atoms with van der Waals surface area (Å²) in [5.41, 5.74) is 1.08. The van der Waals surface area contributed by atoms with Crippen molar-refractivity contribution in [3.8, 4) is 0 Å². The number of amides is 1. The summed E-state index contributed by atoms with van der Waals surface area (Å²) >= 11 is 0. The number of anilines is 1. The molecule has 0 radical (unpaired) electrons. The molecule has 1 aromatic carbocycles. The SMILES string of the molecule is O=C(Nc1cnn(C2CCNCC2)c1)c1ccc(F)cc1. The van der Waals surface area contributed by atoms with Gasteiger partial charge in [0.15, 0.2) is 0 Å². The van der Waals surface area contributed by atoms with Gasteiger partial charge >= 0.3 is 0 Å². The van der Waals surface area contributed by atoms with Crippen molar-refractivity contribution in [1.29, 1.82) is 0 Å². The van der Waals surface area contributed by atoms with E-state index in [1.807, 2.05) is 10.9 Å². The Bertz CT molecular complexity index is 617. The lowest BCUT2D eigenvalue weighted by Crippen LogP contribution is -2.29. The number of aromatic nitrogens is 2. The van der Waals surface area contributed by atoms with Gasteiger partial charge in [0.05, 0.1) is 17.9 Å². The molecule has 0 aliphatic carbocycles. The van der Waals surface area contributed by atoms with Gasteiger partial charge in [-0.05, 0) is 50.2 Å².